The SMILES string of the molecule is Cc1ccc(S(=O)(=O)Nc2cccc(-c3cnc[nH]3)c2)c(C)c1. The van der Waals surface area contributed by atoms with Crippen LogP contribution in [0.1, 0.15) is 11.1 Å². The highest BCUT2D eigenvalue weighted by Crippen LogP contribution is 2.24. The van der Waals surface area contributed by atoms with E-state index in [-0.39, 0.29) is 4.90 Å². The maximum Gasteiger partial charge on any atom is 0.262 e. The number of aromatic nitrogens is 2. The van der Waals surface area contributed by atoms with E-state index in [1.165, 1.54) is 0 Å². The quantitative estimate of drug-likeness (QED) is 0.770. The molecule has 1 heterocycles. The summed E-state index contributed by atoms with van der Waals surface area (Å²) in [5.41, 5.74) is 3.96. The Morgan fingerprint density at radius 3 is 2.61 bits per heavy atom. The molecule has 6 heteroatoms. The second kappa shape index (κ2) is 5.89. The van der Waals surface area contributed by atoms with Gasteiger partial charge in [-0.15, -0.1) is 0 Å². The molecule has 0 aliphatic rings. The first-order valence-electron chi connectivity index (χ1n) is 7.14. The van der Waals surface area contributed by atoms with Crippen molar-refractivity contribution >= 4 is 15.7 Å². The number of rotatable bonds is 4. The number of benzene rings is 2. The normalized spacial score (nSPS) is 11.4. The number of nitrogens with one attached hydrogen (secondary N) is 2. The number of nitrogens with zero attached hydrogens (tertiary/aromatic N) is 1. The highest BCUT2D eigenvalue weighted by Gasteiger charge is 2.17. The number of imidazole rings is 1. The van der Waals surface area contributed by atoms with Crippen LogP contribution < -0.4 is 4.72 Å². The van der Waals surface area contributed by atoms with Gasteiger partial charge in [-0.1, -0.05) is 29.8 Å². The first kappa shape index (κ1) is 15.3. The van der Waals surface area contributed by atoms with E-state index in [0.29, 0.717) is 5.69 Å². The number of H-pyrrole nitrogens is 1. The monoisotopic (exact) mass is 327 g/mol. The molecule has 5 nitrogen and oxygen atoms in total. The molecule has 0 aliphatic carbocycles. The van der Waals surface area contributed by atoms with Gasteiger partial charge in [0, 0.05) is 11.3 Å². The number of hydrogen-bond donors (Lipinski definition) is 2. The smallest absolute Gasteiger partial charge is 0.262 e. The van der Waals surface area contributed by atoms with E-state index in [9.17, 15) is 8.42 Å². The van der Waals surface area contributed by atoms with Gasteiger partial charge in [0.05, 0.1) is 23.1 Å². The van der Waals surface area contributed by atoms with Crippen LogP contribution in [0.5, 0.6) is 0 Å². The molecule has 0 saturated carbocycles. The van der Waals surface area contributed by atoms with Gasteiger partial charge in [0.1, 0.15) is 0 Å². The van der Waals surface area contributed by atoms with E-state index in [1.807, 2.05) is 19.1 Å². The van der Waals surface area contributed by atoms with Gasteiger partial charge in [0.2, 0.25) is 0 Å². The molecule has 3 rings (SSSR count). The summed E-state index contributed by atoms with van der Waals surface area (Å²) in [5, 5.41) is 0. The summed E-state index contributed by atoms with van der Waals surface area (Å²) < 4.78 is 27.8. The topological polar surface area (TPSA) is 74.8 Å². The molecule has 2 N–H and O–H groups in total. The van der Waals surface area contributed by atoms with Gasteiger partial charge in [-0.3, -0.25) is 4.72 Å². The lowest BCUT2D eigenvalue weighted by atomic mass is 10.1. The maximum atomic E-state index is 12.6. The van der Waals surface area contributed by atoms with Crippen molar-refractivity contribution < 1.29 is 8.42 Å². The average Bonchev–Trinajstić information content (AvgIpc) is 3.00. The van der Waals surface area contributed by atoms with E-state index in [2.05, 4.69) is 14.7 Å². The second-order valence-electron chi connectivity index (χ2n) is 5.42. The van der Waals surface area contributed by atoms with Crippen LogP contribution in [0.3, 0.4) is 0 Å². The Kier molecular flexibility index (Phi) is 3.92. The molecule has 3 aromatic rings. The molecule has 118 valence electrons. The van der Waals surface area contributed by atoms with Crippen LogP contribution in [-0.4, -0.2) is 18.4 Å². The number of aryl methyl sites for hydroxylation is 2. The summed E-state index contributed by atoms with van der Waals surface area (Å²) in [7, 11) is -3.62. The Balaban J connectivity index is 1.93. The van der Waals surface area contributed by atoms with Gasteiger partial charge in [0.15, 0.2) is 0 Å². The Labute approximate surface area is 135 Å². The van der Waals surface area contributed by atoms with Gasteiger partial charge in [0.25, 0.3) is 10.0 Å². The third-order valence-electron chi connectivity index (χ3n) is 3.54. The number of anilines is 1. The van der Waals surface area contributed by atoms with Gasteiger partial charge >= 0.3 is 0 Å². The van der Waals surface area contributed by atoms with Crippen LogP contribution in [0, 0.1) is 13.8 Å². The highest BCUT2D eigenvalue weighted by molar-refractivity contribution is 7.92. The van der Waals surface area contributed by atoms with E-state index in [4.69, 9.17) is 0 Å². The molecule has 0 aliphatic heterocycles. The Bertz CT molecular complexity index is 932. The Hall–Kier alpha value is -2.60. The lowest BCUT2D eigenvalue weighted by Gasteiger charge is -2.11. The summed E-state index contributed by atoms with van der Waals surface area (Å²) in [6.07, 6.45) is 3.28. The Morgan fingerprint density at radius 1 is 1.09 bits per heavy atom. The third kappa shape index (κ3) is 3.27. The number of hydrogen-bond acceptors (Lipinski definition) is 3. The molecule has 1 aromatic heterocycles. The Morgan fingerprint density at radius 2 is 1.91 bits per heavy atom. The van der Waals surface area contributed by atoms with Gasteiger partial charge < -0.3 is 4.98 Å². The summed E-state index contributed by atoms with van der Waals surface area (Å²) in [5.74, 6) is 0. The van der Waals surface area contributed by atoms with Crippen molar-refractivity contribution in [3.8, 4) is 11.3 Å². The van der Waals surface area contributed by atoms with Crippen molar-refractivity contribution in [2.24, 2.45) is 0 Å². The largest absolute Gasteiger partial charge is 0.345 e. The minimum absolute atomic E-state index is 0.287. The van der Waals surface area contributed by atoms with Crippen LogP contribution in [0.25, 0.3) is 11.3 Å². The molecule has 0 unspecified atom stereocenters. The van der Waals surface area contributed by atoms with E-state index < -0.39 is 10.0 Å². The van der Waals surface area contributed by atoms with Crippen LogP contribution >= 0.6 is 0 Å². The fourth-order valence-electron chi connectivity index (χ4n) is 2.47. The summed E-state index contributed by atoms with van der Waals surface area (Å²) >= 11 is 0. The summed E-state index contributed by atoms with van der Waals surface area (Å²) in [6, 6.07) is 12.5. The molecule has 0 amide bonds. The molecule has 0 fully saturated rings. The van der Waals surface area contributed by atoms with E-state index in [1.54, 1.807) is 49.8 Å². The molecular formula is C17H17N3O2S. The van der Waals surface area contributed by atoms with Gasteiger partial charge in [-0.05, 0) is 37.6 Å². The molecule has 0 bridgehead atoms. The maximum absolute atomic E-state index is 12.6. The number of aromatic amines is 1. The molecule has 23 heavy (non-hydrogen) atoms. The molecule has 0 saturated heterocycles. The van der Waals surface area contributed by atoms with Gasteiger partial charge in [-0.2, -0.15) is 0 Å². The van der Waals surface area contributed by atoms with Crippen LogP contribution in [0.4, 0.5) is 5.69 Å². The van der Waals surface area contributed by atoms with Crippen LogP contribution in [0.2, 0.25) is 0 Å². The predicted molar refractivity (Wildman–Crippen MR) is 90.7 cm³/mol. The van der Waals surface area contributed by atoms with Crippen LogP contribution in [-0.2, 0) is 10.0 Å². The highest BCUT2D eigenvalue weighted by atomic mass is 32.2. The average molecular weight is 327 g/mol. The van der Waals surface area contributed by atoms with Gasteiger partial charge in [-0.25, -0.2) is 13.4 Å². The van der Waals surface area contributed by atoms with E-state index in [0.717, 1.165) is 22.4 Å². The molecular weight excluding hydrogens is 310 g/mol. The second-order valence-corrected chi connectivity index (χ2v) is 7.07. The number of sulfonamides is 1. The zero-order valence-corrected chi connectivity index (χ0v) is 13.7. The van der Waals surface area contributed by atoms with E-state index >= 15 is 0 Å². The zero-order chi connectivity index (χ0) is 16.4. The summed E-state index contributed by atoms with van der Waals surface area (Å²) in [4.78, 5) is 7.27. The minimum atomic E-state index is -3.62. The van der Waals surface area contributed by atoms with Crippen molar-refractivity contribution in [1.29, 1.82) is 0 Å². The molecule has 0 atom stereocenters. The van der Waals surface area contributed by atoms with Crippen molar-refractivity contribution in [2.45, 2.75) is 18.7 Å². The van der Waals surface area contributed by atoms with Crippen molar-refractivity contribution in [1.82, 2.24) is 9.97 Å². The molecule has 0 radical (unpaired) electrons. The van der Waals surface area contributed by atoms with Crippen LogP contribution in [0.15, 0.2) is 59.9 Å². The third-order valence-corrected chi connectivity index (χ3v) is 5.09. The first-order valence-corrected chi connectivity index (χ1v) is 8.63. The molecule has 0 spiro atoms. The summed E-state index contributed by atoms with van der Waals surface area (Å²) in [6.45, 7) is 3.73. The van der Waals surface area contributed by atoms with Crippen molar-refractivity contribution in [3.05, 3.63) is 66.1 Å². The predicted octanol–water partition coefficient (Wildman–Crippen LogP) is 3.49. The standard InChI is InChI=1S/C17H17N3O2S/c1-12-6-7-17(13(2)8-12)23(21,22)20-15-5-3-4-14(9-15)16-10-18-11-19-16/h3-11,20H,1-2H3,(H,18,19). The lowest BCUT2D eigenvalue weighted by molar-refractivity contribution is 0.600. The molecule has 2 aromatic carbocycles. The lowest BCUT2D eigenvalue weighted by Crippen LogP contribution is -2.14. The zero-order valence-electron chi connectivity index (χ0n) is 12.9. The minimum Gasteiger partial charge on any atom is -0.345 e. The fraction of sp³-hybridized carbons (Fsp3) is 0.118. The fourth-order valence-corrected chi connectivity index (χ4v) is 3.75. The van der Waals surface area contributed by atoms with Crippen molar-refractivity contribution in [3.63, 3.8) is 0 Å². The van der Waals surface area contributed by atoms with Crippen molar-refractivity contribution in [2.75, 3.05) is 4.72 Å². The first-order chi connectivity index (χ1) is 11.0.